The summed E-state index contributed by atoms with van der Waals surface area (Å²) in [6.07, 6.45) is 2.27. The molecule has 0 spiro atoms. The molecular weight excluding hydrogens is 116 g/mol. The average molecular weight is 127 g/mol. The van der Waals surface area contributed by atoms with Gasteiger partial charge in [0, 0.05) is 5.41 Å². The molecule has 1 saturated carbocycles. The van der Waals surface area contributed by atoms with Gasteiger partial charge in [-0.1, -0.05) is 13.8 Å². The standard InChI is InChI=1S/C7H11O2/c1-7(2)4-3-6(7)9-5-8/h6H,3-4H2,1-2H3. The molecule has 1 fully saturated rings. The van der Waals surface area contributed by atoms with E-state index in [-0.39, 0.29) is 11.5 Å². The van der Waals surface area contributed by atoms with Crippen molar-refractivity contribution in [1.29, 1.82) is 0 Å². The lowest BCUT2D eigenvalue weighted by Crippen LogP contribution is -2.41. The first kappa shape index (κ1) is 6.59. The van der Waals surface area contributed by atoms with Crippen LogP contribution in [-0.4, -0.2) is 12.6 Å². The van der Waals surface area contributed by atoms with Crippen LogP contribution in [0, 0.1) is 5.41 Å². The van der Waals surface area contributed by atoms with Gasteiger partial charge in [-0.2, -0.15) is 0 Å². The first-order valence-corrected chi connectivity index (χ1v) is 3.19. The molecule has 0 aliphatic heterocycles. The van der Waals surface area contributed by atoms with Crippen molar-refractivity contribution in [2.45, 2.75) is 32.8 Å². The number of hydrogen-bond acceptors (Lipinski definition) is 2. The maximum atomic E-state index is 9.75. The molecule has 1 aliphatic carbocycles. The SMILES string of the molecule is CC1(C)CCC1O[C]=O. The number of carbonyl (C=O) groups excluding carboxylic acids is 1. The molecule has 0 amide bonds. The van der Waals surface area contributed by atoms with Crippen LogP contribution in [0.5, 0.6) is 0 Å². The molecule has 1 aliphatic rings. The van der Waals surface area contributed by atoms with Gasteiger partial charge in [-0.25, -0.2) is 4.79 Å². The largest absolute Gasteiger partial charge is 0.453 e. The molecule has 1 unspecified atom stereocenters. The molecule has 2 heteroatoms. The highest BCUT2D eigenvalue weighted by Gasteiger charge is 2.40. The summed E-state index contributed by atoms with van der Waals surface area (Å²) in [5.74, 6) is 0. The molecule has 0 bridgehead atoms. The van der Waals surface area contributed by atoms with E-state index in [4.69, 9.17) is 0 Å². The van der Waals surface area contributed by atoms with Crippen LogP contribution in [-0.2, 0) is 9.53 Å². The van der Waals surface area contributed by atoms with Gasteiger partial charge in [0.25, 0.3) is 0 Å². The Morgan fingerprint density at radius 2 is 2.33 bits per heavy atom. The third kappa shape index (κ3) is 1.07. The van der Waals surface area contributed by atoms with E-state index < -0.39 is 0 Å². The van der Waals surface area contributed by atoms with Gasteiger partial charge in [0.2, 0.25) is 0 Å². The topological polar surface area (TPSA) is 26.3 Å². The lowest BCUT2D eigenvalue weighted by atomic mass is 9.69. The average Bonchev–Trinajstić information content (AvgIpc) is 1.81. The van der Waals surface area contributed by atoms with E-state index in [1.165, 1.54) is 6.47 Å². The van der Waals surface area contributed by atoms with Crippen LogP contribution in [0.4, 0.5) is 0 Å². The second kappa shape index (κ2) is 2.01. The van der Waals surface area contributed by atoms with E-state index in [2.05, 4.69) is 18.6 Å². The van der Waals surface area contributed by atoms with E-state index in [0.717, 1.165) is 12.8 Å². The van der Waals surface area contributed by atoms with Gasteiger partial charge in [0.05, 0.1) is 0 Å². The van der Waals surface area contributed by atoms with Crippen molar-refractivity contribution >= 4 is 6.47 Å². The van der Waals surface area contributed by atoms with Crippen LogP contribution in [0.25, 0.3) is 0 Å². The maximum absolute atomic E-state index is 9.75. The minimum atomic E-state index is 0.120. The fraction of sp³-hybridized carbons (Fsp3) is 0.857. The summed E-state index contributed by atoms with van der Waals surface area (Å²) >= 11 is 0. The van der Waals surface area contributed by atoms with E-state index in [1.807, 2.05) is 0 Å². The second-order valence-electron chi connectivity index (χ2n) is 3.22. The Bertz CT molecular complexity index is 118. The zero-order valence-electron chi connectivity index (χ0n) is 5.81. The second-order valence-corrected chi connectivity index (χ2v) is 3.22. The molecule has 1 atom stereocenters. The molecule has 1 rings (SSSR count). The van der Waals surface area contributed by atoms with Crippen LogP contribution in [0.1, 0.15) is 26.7 Å². The van der Waals surface area contributed by atoms with Gasteiger partial charge in [0.1, 0.15) is 6.10 Å². The highest BCUT2D eigenvalue weighted by molar-refractivity contribution is 5.39. The molecule has 0 heterocycles. The zero-order valence-corrected chi connectivity index (χ0v) is 5.81. The van der Waals surface area contributed by atoms with Gasteiger partial charge < -0.3 is 4.74 Å². The highest BCUT2D eigenvalue weighted by Crippen LogP contribution is 2.41. The van der Waals surface area contributed by atoms with Crippen LogP contribution < -0.4 is 0 Å². The zero-order chi connectivity index (χ0) is 6.91. The summed E-state index contributed by atoms with van der Waals surface area (Å²) in [6.45, 7) is 5.67. The van der Waals surface area contributed by atoms with Gasteiger partial charge in [-0.15, -0.1) is 0 Å². The Kier molecular flexibility index (Phi) is 1.47. The van der Waals surface area contributed by atoms with Crippen molar-refractivity contribution in [2.75, 3.05) is 0 Å². The fourth-order valence-corrected chi connectivity index (χ4v) is 1.12. The van der Waals surface area contributed by atoms with Gasteiger partial charge in [-0.05, 0) is 12.8 Å². The molecular formula is C7H11O2. The third-order valence-corrected chi connectivity index (χ3v) is 2.11. The number of rotatable bonds is 2. The monoisotopic (exact) mass is 127 g/mol. The van der Waals surface area contributed by atoms with Crippen molar-refractivity contribution in [2.24, 2.45) is 5.41 Å². The normalized spacial score (nSPS) is 30.7. The van der Waals surface area contributed by atoms with Gasteiger partial charge >= 0.3 is 6.47 Å². The van der Waals surface area contributed by atoms with Crippen molar-refractivity contribution in [3.63, 3.8) is 0 Å². The Labute approximate surface area is 55.2 Å². The van der Waals surface area contributed by atoms with Crippen molar-refractivity contribution in [3.8, 4) is 0 Å². The van der Waals surface area contributed by atoms with E-state index in [9.17, 15) is 4.79 Å². The molecule has 0 saturated heterocycles. The molecule has 2 nitrogen and oxygen atoms in total. The first-order valence-electron chi connectivity index (χ1n) is 3.19. The highest BCUT2D eigenvalue weighted by atomic mass is 16.5. The van der Waals surface area contributed by atoms with E-state index in [1.54, 1.807) is 0 Å². The third-order valence-electron chi connectivity index (χ3n) is 2.11. The van der Waals surface area contributed by atoms with E-state index >= 15 is 0 Å². The summed E-state index contributed by atoms with van der Waals surface area (Å²) in [7, 11) is 0. The lowest BCUT2D eigenvalue weighted by Gasteiger charge is -2.42. The Balaban J connectivity index is 2.36. The first-order chi connectivity index (χ1) is 4.17. The molecule has 9 heavy (non-hydrogen) atoms. The van der Waals surface area contributed by atoms with Crippen molar-refractivity contribution in [1.82, 2.24) is 0 Å². The Morgan fingerprint density at radius 3 is 2.44 bits per heavy atom. The van der Waals surface area contributed by atoms with Crippen LogP contribution in [0.2, 0.25) is 0 Å². The minimum Gasteiger partial charge on any atom is -0.453 e. The van der Waals surface area contributed by atoms with Crippen molar-refractivity contribution < 1.29 is 9.53 Å². The van der Waals surface area contributed by atoms with Crippen LogP contribution in [0.15, 0.2) is 0 Å². The summed E-state index contributed by atoms with van der Waals surface area (Å²) < 4.78 is 4.69. The summed E-state index contributed by atoms with van der Waals surface area (Å²) in [6, 6.07) is 0. The molecule has 0 aromatic rings. The molecule has 0 N–H and O–H groups in total. The molecule has 1 radical (unpaired) electrons. The number of ether oxygens (including phenoxy) is 1. The van der Waals surface area contributed by atoms with Gasteiger partial charge in [0.15, 0.2) is 0 Å². The summed E-state index contributed by atoms with van der Waals surface area (Å²) in [4.78, 5) is 9.75. The predicted octanol–water partition coefficient (Wildman–Crippen LogP) is 1.26. The molecule has 51 valence electrons. The molecule has 0 aromatic heterocycles. The summed E-state index contributed by atoms with van der Waals surface area (Å²) in [5, 5.41) is 0. The Hall–Kier alpha value is -0.530. The van der Waals surface area contributed by atoms with Crippen molar-refractivity contribution in [3.05, 3.63) is 0 Å². The Morgan fingerprint density at radius 1 is 1.67 bits per heavy atom. The fourth-order valence-electron chi connectivity index (χ4n) is 1.12. The quantitative estimate of drug-likeness (QED) is 0.558. The maximum Gasteiger partial charge on any atom is 0.417 e. The van der Waals surface area contributed by atoms with Crippen LogP contribution >= 0.6 is 0 Å². The molecule has 0 aromatic carbocycles. The smallest absolute Gasteiger partial charge is 0.417 e. The lowest BCUT2D eigenvalue weighted by molar-refractivity contribution is -0.0290. The minimum absolute atomic E-state index is 0.120. The van der Waals surface area contributed by atoms with E-state index in [0.29, 0.717) is 0 Å². The number of hydrogen-bond donors (Lipinski definition) is 0. The predicted molar refractivity (Wildman–Crippen MR) is 33.6 cm³/mol. The van der Waals surface area contributed by atoms with Gasteiger partial charge in [-0.3, -0.25) is 0 Å². The van der Waals surface area contributed by atoms with Crippen LogP contribution in [0.3, 0.4) is 0 Å². The summed E-state index contributed by atoms with van der Waals surface area (Å²) in [5.41, 5.74) is 0.206.